The Hall–Kier alpha value is -2.25. The highest BCUT2D eigenvalue weighted by Gasteiger charge is 2.27. The van der Waals surface area contributed by atoms with Crippen LogP contribution >= 0.6 is 0 Å². The summed E-state index contributed by atoms with van der Waals surface area (Å²) in [5, 5.41) is 16.8. The van der Waals surface area contributed by atoms with Crippen molar-refractivity contribution in [2.24, 2.45) is 5.10 Å². The van der Waals surface area contributed by atoms with E-state index in [1.54, 1.807) is 7.05 Å². The van der Waals surface area contributed by atoms with Gasteiger partial charge in [0.25, 0.3) is 5.91 Å². The summed E-state index contributed by atoms with van der Waals surface area (Å²) >= 11 is 0. The first-order chi connectivity index (χ1) is 11.0. The quantitative estimate of drug-likeness (QED) is 0.875. The van der Waals surface area contributed by atoms with Crippen LogP contribution in [0.3, 0.4) is 0 Å². The number of fused-ring (bicyclic) bond motifs is 1. The SMILES string of the molecule is CC(C)c1nnc2n1C[C@@H](NC(=O)C1=NN(C)C(=O)CC1)CC2. The summed E-state index contributed by atoms with van der Waals surface area (Å²) in [7, 11) is 1.58. The minimum atomic E-state index is -0.183. The molecule has 0 spiro atoms. The molecule has 1 aromatic rings. The molecular weight excluding hydrogens is 296 g/mol. The molecule has 23 heavy (non-hydrogen) atoms. The third-order valence-corrected chi connectivity index (χ3v) is 4.30. The van der Waals surface area contributed by atoms with Crippen molar-refractivity contribution in [1.82, 2.24) is 25.1 Å². The first kappa shape index (κ1) is 15.6. The van der Waals surface area contributed by atoms with Crippen molar-refractivity contribution >= 4 is 17.5 Å². The molecule has 0 aliphatic carbocycles. The van der Waals surface area contributed by atoms with E-state index in [1.807, 2.05) is 0 Å². The second kappa shape index (κ2) is 6.10. The number of hydrogen-bond donors (Lipinski definition) is 1. The van der Waals surface area contributed by atoms with Gasteiger partial charge in [-0.2, -0.15) is 5.10 Å². The highest BCUT2D eigenvalue weighted by atomic mass is 16.2. The maximum absolute atomic E-state index is 12.4. The Bertz CT molecular complexity index is 663. The minimum absolute atomic E-state index is 0.0362. The molecule has 124 valence electrons. The lowest BCUT2D eigenvalue weighted by Crippen LogP contribution is -2.45. The molecule has 1 N–H and O–H groups in total. The second-order valence-electron chi connectivity index (χ2n) is 6.41. The lowest BCUT2D eigenvalue weighted by molar-refractivity contribution is -0.130. The summed E-state index contributed by atoms with van der Waals surface area (Å²) in [6.07, 6.45) is 2.37. The molecule has 3 rings (SSSR count). The van der Waals surface area contributed by atoms with Gasteiger partial charge in [-0.25, -0.2) is 5.01 Å². The molecule has 8 heteroatoms. The van der Waals surface area contributed by atoms with Crippen LogP contribution in [0.5, 0.6) is 0 Å². The Morgan fingerprint density at radius 2 is 2.04 bits per heavy atom. The van der Waals surface area contributed by atoms with Crippen LogP contribution in [0.25, 0.3) is 0 Å². The second-order valence-corrected chi connectivity index (χ2v) is 6.41. The van der Waals surface area contributed by atoms with Gasteiger partial charge in [-0.05, 0) is 6.42 Å². The van der Waals surface area contributed by atoms with Crippen molar-refractivity contribution in [3.63, 3.8) is 0 Å². The monoisotopic (exact) mass is 318 g/mol. The van der Waals surface area contributed by atoms with Crippen molar-refractivity contribution in [2.75, 3.05) is 7.05 Å². The van der Waals surface area contributed by atoms with Crippen LogP contribution in [0.15, 0.2) is 5.10 Å². The predicted octanol–water partition coefficient (Wildman–Crippen LogP) is 0.441. The number of rotatable bonds is 3. The molecule has 1 atom stereocenters. The number of hydrazone groups is 1. The highest BCUT2D eigenvalue weighted by molar-refractivity contribution is 6.39. The van der Waals surface area contributed by atoms with Crippen molar-refractivity contribution in [1.29, 1.82) is 0 Å². The number of carbonyl (C=O) groups is 2. The van der Waals surface area contributed by atoms with E-state index < -0.39 is 0 Å². The molecule has 0 saturated heterocycles. The van der Waals surface area contributed by atoms with Gasteiger partial charge < -0.3 is 9.88 Å². The van der Waals surface area contributed by atoms with Crippen LogP contribution in [-0.2, 0) is 22.6 Å². The van der Waals surface area contributed by atoms with Gasteiger partial charge in [-0.1, -0.05) is 13.8 Å². The Balaban J connectivity index is 1.68. The zero-order valence-electron chi connectivity index (χ0n) is 13.7. The average molecular weight is 318 g/mol. The number of carbonyl (C=O) groups excluding carboxylic acids is 2. The zero-order chi connectivity index (χ0) is 16.6. The third-order valence-electron chi connectivity index (χ3n) is 4.30. The van der Waals surface area contributed by atoms with Gasteiger partial charge in [0.15, 0.2) is 0 Å². The van der Waals surface area contributed by atoms with Crippen LogP contribution in [0.1, 0.15) is 50.7 Å². The average Bonchev–Trinajstić information content (AvgIpc) is 2.93. The molecule has 0 fully saturated rings. The Labute approximate surface area is 134 Å². The lowest BCUT2D eigenvalue weighted by Gasteiger charge is -2.27. The number of nitrogens with one attached hydrogen (secondary N) is 1. The van der Waals surface area contributed by atoms with Crippen molar-refractivity contribution < 1.29 is 9.59 Å². The van der Waals surface area contributed by atoms with E-state index in [2.05, 4.69) is 39.0 Å². The molecule has 0 unspecified atom stereocenters. The van der Waals surface area contributed by atoms with E-state index in [4.69, 9.17) is 0 Å². The molecule has 0 bridgehead atoms. The summed E-state index contributed by atoms with van der Waals surface area (Å²) in [5.41, 5.74) is 0.422. The molecule has 3 heterocycles. The summed E-state index contributed by atoms with van der Waals surface area (Å²) in [6, 6.07) is 0.0362. The topological polar surface area (TPSA) is 92.5 Å². The fourth-order valence-corrected chi connectivity index (χ4v) is 2.99. The minimum Gasteiger partial charge on any atom is -0.346 e. The molecular formula is C15H22N6O2. The van der Waals surface area contributed by atoms with Crippen molar-refractivity contribution in [2.45, 2.75) is 58.0 Å². The zero-order valence-corrected chi connectivity index (χ0v) is 13.7. The molecule has 0 aromatic carbocycles. The maximum atomic E-state index is 12.4. The molecule has 8 nitrogen and oxygen atoms in total. The Kier molecular flexibility index (Phi) is 4.14. The summed E-state index contributed by atoms with van der Waals surface area (Å²) in [6.45, 7) is 4.86. The van der Waals surface area contributed by atoms with Crippen LogP contribution in [0.2, 0.25) is 0 Å². The Morgan fingerprint density at radius 1 is 1.26 bits per heavy atom. The van der Waals surface area contributed by atoms with Crippen LogP contribution < -0.4 is 5.32 Å². The van der Waals surface area contributed by atoms with Gasteiger partial charge in [0, 0.05) is 44.8 Å². The van der Waals surface area contributed by atoms with Gasteiger partial charge in [-0.3, -0.25) is 9.59 Å². The number of aryl methyl sites for hydroxylation is 1. The standard InChI is InChI=1S/C15H22N6O2/c1-9(2)14-18-17-12-6-4-10(8-21(12)14)16-15(23)11-5-7-13(22)20(3)19-11/h9-10H,4-8H2,1-3H3,(H,16,23)/t10-/m0/s1. The number of amides is 2. The largest absolute Gasteiger partial charge is 0.346 e. The normalized spacial score (nSPS) is 21.2. The highest BCUT2D eigenvalue weighted by Crippen LogP contribution is 2.20. The molecule has 0 radical (unpaired) electrons. The van der Waals surface area contributed by atoms with E-state index in [0.717, 1.165) is 24.5 Å². The third kappa shape index (κ3) is 3.11. The van der Waals surface area contributed by atoms with E-state index in [9.17, 15) is 9.59 Å². The fourth-order valence-electron chi connectivity index (χ4n) is 2.99. The van der Waals surface area contributed by atoms with Gasteiger partial charge in [0.05, 0.1) is 0 Å². The van der Waals surface area contributed by atoms with E-state index in [0.29, 0.717) is 31.0 Å². The first-order valence-corrected chi connectivity index (χ1v) is 8.02. The first-order valence-electron chi connectivity index (χ1n) is 8.02. The smallest absolute Gasteiger partial charge is 0.267 e. The van der Waals surface area contributed by atoms with Crippen molar-refractivity contribution in [3.05, 3.63) is 11.6 Å². The number of aromatic nitrogens is 3. The summed E-state index contributed by atoms with van der Waals surface area (Å²) in [5.74, 6) is 2.00. The van der Waals surface area contributed by atoms with E-state index >= 15 is 0 Å². The molecule has 2 aliphatic heterocycles. The molecule has 2 amide bonds. The van der Waals surface area contributed by atoms with E-state index in [-0.39, 0.29) is 17.9 Å². The predicted molar refractivity (Wildman–Crippen MR) is 83.8 cm³/mol. The number of nitrogens with zero attached hydrogens (tertiary/aromatic N) is 5. The number of hydrogen-bond acceptors (Lipinski definition) is 5. The van der Waals surface area contributed by atoms with E-state index in [1.165, 1.54) is 5.01 Å². The molecule has 2 aliphatic rings. The fraction of sp³-hybridized carbons (Fsp3) is 0.667. The van der Waals surface area contributed by atoms with Crippen molar-refractivity contribution in [3.8, 4) is 0 Å². The van der Waals surface area contributed by atoms with Gasteiger partial charge in [0.2, 0.25) is 5.91 Å². The molecule has 1 aromatic heterocycles. The van der Waals surface area contributed by atoms with Crippen LogP contribution in [-0.4, -0.2) is 50.4 Å². The van der Waals surface area contributed by atoms with Crippen LogP contribution in [0.4, 0.5) is 0 Å². The van der Waals surface area contributed by atoms with Gasteiger partial charge in [0.1, 0.15) is 17.4 Å². The Morgan fingerprint density at radius 3 is 2.74 bits per heavy atom. The maximum Gasteiger partial charge on any atom is 0.267 e. The van der Waals surface area contributed by atoms with Crippen LogP contribution in [0, 0.1) is 0 Å². The lowest BCUT2D eigenvalue weighted by atomic mass is 10.0. The molecule has 0 saturated carbocycles. The summed E-state index contributed by atoms with van der Waals surface area (Å²) < 4.78 is 2.11. The van der Waals surface area contributed by atoms with Gasteiger partial charge >= 0.3 is 0 Å². The van der Waals surface area contributed by atoms with Gasteiger partial charge in [-0.15, -0.1) is 10.2 Å². The summed E-state index contributed by atoms with van der Waals surface area (Å²) in [4.78, 5) is 23.8.